The van der Waals surface area contributed by atoms with Crippen LogP contribution in [-0.2, 0) is 6.61 Å². The molecule has 1 aromatic heterocycles. The summed E-state index contributed by atoms with van der Waals surface area (Å²) in [6.07, 6.45) is 0. The molecule has 3 aromatic rings. The van der Waals surface area contributed by atoms with Crippen molar-refractivity contribution in [3.8, 4) is 16.3 Å². The van der Waals surface area contributed by atoms with Crippen molar-refractivity contribution in [3.05, 3.63) is 69.1 Å². The molecular formula is C17H11Cl2NO3S. The molecule has 0 saturated heterocycles. The number of hydrogen-bond donors (Lipinski definition) is 1. The van der Waals surface area contributed by atoms with Crippen LogP contribution in [0.25, 0.3) is 10.6 Å². The van der Waals surface area contributed by atoms with Crippen LogP contribution in [-0.4, -0.2) is 16.1 Å². The smallest absolute Gasteiger partial charge is 0.355 e. The Morgan fingerprint density at radius 3 is 2.71 bits per heavy atom. The second kappa shape index (κ2) is 7.21. The van der Waals surface area contributed by atoms with Gasteiger partial charge in [-0.05, 0) is 29.8 Å². The van der Waals surface area contributed by atoms with Gasteiger partial charge in [0.15, 0.2) is 5.69 Å². The van der Waals surface area contributed by atoms with E-state index in [2.05, 4.69) is 4.98 Å². The monoisotopic (exact) mass is 379 g/mol. The van der Waals surface area contributed by atoms with Crippen LogP contribution >= 0.6 is 34.5 Å². The van der Waals surface area contributed by atoms with Gasteiger partial charge in [-0.15, -0.1) is 11.3 Å². The zero-order chi connectivity index (χ0) is 17.1. The Kier molecular flexibility index (Phi) is 5.04. The van der Waals surface area contributed by atoms with Gasteiger partial charge in [-0.2, -0.15) is 0 Å². The third-order valence-corrected chi connectivity index (χ3v) is 4.82. The van der Waals surface area contributed by atoms with Gasteiger partial charge in [-0.25, -0.2) is 9.78 Å². The Bertz CT molecular complexity index is 895. The molecule has 7 heteroatoms. The van der Waals surface area contributed by atoms with Crippen LogP contribution in [0.15, 0.2) is 47.8 Å². The summed E-state index contributed by atoms with van der Waals surface area (Å²) in [6, 6.07) is 12.7. The van der Waals surface area contributed by atoms with Gasteiger partial charge in [-0.3, -0.25) is 0 Å². The van der Waals surface area contributed by atoms with Gasteiger partial charge in [0.2, 0.25) is 0 Å². The number of aromatic carboxylic acids is 1. The van der Waals surface area contributed by atoms with Crippen LogP contribution in [0.5, 0.6) is 5.75 Å². The van der Waals surface area contributed by atoms with Gasteiger partial charge < -0.3 is 9.84 Å². The first-order valence-electron chi connectivity index (χ1n) is 6.89. The van der Waals surface area contributed by atoms with Gasteiger partial charge in [0.25, 0.3) is 0 Å². The van der Waals surface area contributed by atoms with Crippen LogP contribution in [0.3, 0.4) is 0 Å². The minimum Gasteiger partial charge on any atom is -0.489 e. The summed E-state index contributed by atoms with van der Waals surface area (Å²) < 4.78 is 5.76. The Morgan fingerprint density at radius 2 is 2.00 bits per heavy atom. The van der Waals surface area contributed by atoms with Crippen molar-refractivity contribution in [2.24, 2.45) is 0 Å². The molecule has 0 unspecified atom stereocenters. The summed E-state index contributed by atoms with van der Waals surface area (Å²) in [5.41, 5.74) is 1.74. The normalized spacial score (nSPS) is 10.6. The quantitative estimate of drug-likeness (QED) is 0.644. The first-order valence-corrected chi connectivity index (χ1v) is 8.52. The van der Waals surface area contributed by atoms with Crippen molar-refractivity contribution in [2.75, 3.05) is 0 Å². The highest BCUT2D eigenvalue weighted by molar-refractivity contribution is 7.13. The summed E-state index contributed by atoms with van der Waals surface area (Å²) >= 11 is 13.2. The molecule has 0 atom stereocenters. The topological polar surface area (TPSA) is 59.4 Å². The summed E-state index contributed by atoms with van der Waals surface area (Å²) in [5, 5.41) is 12.1. The molecule has 1 N–H and O–H groups in total. The fourth-order valence-electron chi connectivity index (χ4n) is 2.02. The highest BCUT2D eigenvalue weighted by Gasteiger charge is 2.10. The maximum Gasteiger partial charge on any atom is 0.355 e. The standard InChI is InChI=1S/C17H11Cl2NO3S/c18-13-5-4-10(6-14(13)19)8-23-12-3-1-2-11(7-12)16-20-15(9-24-16)17(21)22/h1-7,9H,8H2,(H,21,22). The zero-order valence-corrected chi connectivity index (χ0v) is 14.5. The summed E-state index contributed by atoms with van der Waals surface area (Å²) in [5.74, 6) is -0.379. The highest BCUT2D eigenvalue weighted by Crippen LogP contribution is 2.28. The lowest BCUT2D eigenvalue weighted by molar-refractivity contribution is 0.0691. The molecule has 0 spiro atoms. The Morgan fingerprint density at radius 1 is 1.17 bits per heavy atom. The molecule has 0 radical (unpaired) electrons. The Labute approximate surface area is 152 Å². The SMILES string of the molecule is O=C(O)c1csc(-c2cccc(OCc3ccc(Cl)c(Cl)c3)c2)n1. The molecule has 0 aliphatic heterocycles. The second-order valence-electron chi connectivity index (χ2n) is 4.91. The van der Waals surface area contributed by atoms with Crippen LogP contribution in [0.4, 0.5) is 0 Å². The lowest BCUT2D eigenvalue weighted by Crippen LogP contribution is -1.96. The number of carbonyl (C=O) groups is 1. The van der Waals surface area contributed by atoms with Crippen LogP contribution in [0.1, 0.15) is 16.1 Å². The summed E-state index contributed by atoms with van der Waals surface area (Å²) in [4.78, 5) is 15.0. The number of aromatic nitrogens is 1. The Balaban J connectivity index is 1.75. The molecule has 0 bridgehead atoms. The minimum absolute atomic E-state index is 0.0390. The molecule has 0 fully saturated rings. The number of hydrogen-bond acceptors (Lipinski definition) is 4. The fraction of sp³-hybridized carbons (Fsp3) is 0.0588. The second-order valence-corrected chi connectivity index (χ2v) is 6.58. The van der Waals surface area contributed by atoms with Gasteiger partial charge >= 0.3 is 5.97 Å². The molecule has 24 heavy (non-hydrogen) atoms. The molecule has 0 saturated carbocycles. The predicted octanol–water partition coefficient (Wildman–Crippen LogP) is 5.39. The van der Waals surface area contributed by atoms with E-state index in [1.54, 1.807) is 12.1 Å². The number of rotatable bonds is 5. The molecule has 0 aliphatic rings. The molecule has 3 rings (SSSR count). The van der Waals surface area contributed by atoms with Crippen molar-refractivity contribution in [2.45, 2.75) is 6.61 Å². The number of benzene rings is 2. The third-order valence-electron chi connectivity index (χ3n) is 3.19. The van der Waals surface area contributed by atoms with E-state index in [9.17, 15) is 4.79 Å². The highest BCUT2D eigenvalue weighted by atomic mass is 35.5. The van der Waals surface area contributed by atoms with E-state index in [-0.39, 0.29) is 5.69 Å². The number of thiazole rings is 1. The fourth-order valence-corrected chi connectivity index (χ4v) is 3.13. The number of ether oxygens (including phenoxy) is 1. The first kappa shape index (κ1) is 16.8. The average Bonchev–Trinajstić information content (AvgIpc) is 3.07. The first-order chi connectivity index (χ1) is 11.5. The van der Waals surface area contributed by atoms with E-state index in [4.69, 9.17) is 33.0 Å². The van der Waals surface area contributed by atoms with E-state index in [0.717, 1.165) is 11.1 Å². The summed E-state index contributed by atoms with van der Waals surface area (Å²) in [7, 11) is 0. The predicted molar refractivity (Wildman–Crippen MR) is 95.3 cm³/mol. The molecule has 0 aliphatic carbocycles. The molecule has 122 valence electrons. The van der Waals surface area contributed by atoms with Crippen LogP contribution in [0, 0.1) is 0 Å². The van der Waals surface area contributed by atoms with Crippen molar-refractivity contribution in [3.63, 3.8) is 0 Å². The number of halogens is 2. The third kappa shape index (κ3) is 3.87. The van der Waals surface area contributed by atoms with Gasteiger partial charge in [0.1, 0.15) is 17.4 Å². The summed E-state index contributed by atoms with van der Waals surface area (Å²) in [6.45, 7) is 0.346. The molecule has 4 nitrogen and oxygen atoms in total. The maximum absolute atomic E-state index is 10.9. The van der Waals surface area contributed by atoms with E-state index in [0.29, 0.717) is 27.4 Å². The lowest BCUT2D eigenvalue weighted by Gasteiger charge is -2.08. The van der Waals surface area contributed by atoms with Crippen molar-refractivity contribution < 1.29 is 14.6 Å². The van der Waals surface area contributed by atoms with Crippen LogP contribution < -0.4 is 4.74 Å². The van der Waals surface area contributed by atoms with Gasteiger partial charge in [0.05, 0.1) is 10.0 Å². The van der Waals surface area contributed by atoms with Crippen LogP contribution in [0.2, 0.25) is 10.0 Å². The molecule has 2 aromatic carbocycles. The number of nitrogens with zero attached hydrogens (tertiary/aromatic N) is 1. The van der Waals surface area contributed by atoms with Crippen molar-refractivity contribution in [1.82, 2.24) is 4.98 Å². The van der Waals surface area contributed by atoms with Crippen molar-refractivity contribution >= 4 is 40.5 Å². The zero-order valence-electron chi connectivity index (χ0n) is 12.2. The van der Waals surface area contributed by atoms with E-state index < -0.39 is 5.97 Å². The largest absolute Gasteiger partial charge is 0.489 e. The molecular weight excluding hydrogens is 369 g/mol. The van der Waals surface area contributed by atoms with Gasteiger partial charge in [-0.1, -0.05) is 41.4 Å². The van der Waals surface area contributed by atoms with E-state index in [1.165, 1.54) is 16.7 Å². The molecule has 0 amide bonds. The van der Waals surface area contributed by atoms with Gasteiger partial charge in [0, 0.05) is 10.9 Å². The molecule has 1 heterocycles. The maximum atomic E-state index is 10.9. The minimum atomic E-state index is -1.04. The number of carboxylic acids is 1. The van der Waals surface area contributed by atoms with E-state index in [1.807, 2.05) is 30.3 Å². The van der Waals surface area contributed by atoms with E-state index >= 15 is 0 Å². The average molecular weight is 380 g/mol. The van der Waals surface area contributed by atoms with Crippen molar-refractivity contribution in [1.29, 1.82) is 0 Å². The Hall–Kier alpha value is -2.08. The number of carboxylic acid groups (broad SMARTS) is 1. The lowest BCUT2D eigenvalue weighted by atomic mass is 10.2.